The molecule has 0 saturated carbocycles. The summed E-state index contributed by atoms with van der Waals surface area (Å²) in [5, 5.41) is 0. The summed E-state index contributed by atoms with van der Waals surface area (Å²) in [6.45, 7) is 11.0. The van der Waals surface area contributed by atoms with Crippen molar-refractivity contribution in [3.8, 4) is 0 Å². The Morgan fingerprint density at radius 2 is 1.90 bits per heavy atom. The van der Waals surface area contributed by atoms with E-state index in [4.69, 9.17) is 14.2 Å². The third-order valence-corrected chi connectivity index (χ3v) is 5.30. The number of nitrogens with zero attached hydrogens (tertiary/aromatic N) is 3. The minimum Gasteiger partial charge on any atom is -0.465 e. The van der Waals surface area contributed by atoms with E-state index in [1.165, 1.54) is 7.11 Å². The van der Waals surface area contributed by atoms with Crippen molar-refractivity contribution in [1.82, 2.24) is 14.5 Å². The second-order valence-electron chi connectivity index (χ2n) is 8.92. The molecule has 2 aliphatic rings. The maximum atomic E-state index is 11.6. The summed E-state index contributed by atoms with van der Waals surface area (Å²) in [7, 11) is 1.39. The number of fused-ring (bicyclic) bond motifs is 1. The van der Waals surface area contributed by atoms with E-state index < -0.39 is 0 Å². The Morgan fingerprint density at radius 1 is 1.23 bits per heavy atom. The highest BCUT2D eigenvalue weighted by molar-refractivity contribution is 5.93. The van der Waals surface area contributed by atoms with Gasteiger partial charge in [0, 0.05) is 19.7 Å². The van der Waals surface area contributed by atoms with Crippen molar-refractivity contribution in [3.63, 3.8) is 0 Å². The van der Waals surface area contributed by atoms with Crippen LogP contribution in [0.3, 0.4) is 0 Å². The molecule has 1 amide bonds. The zero-order valence-corrected chi connectivity index (χ0v) is 19.1. The van der Waals surface area contributed by atoms with Crippen molar-refractivity contribution in [1.29, 1.82) is 0 Å². The van der Waals surface area contributed by atoms with Gasteiger partial charge in [-0.05, 0) is 65.2 Å². The fourth-order valence-electron chi connectivity index (χ4n) is 3.58. The number of esters is 1. The lowest BCUT2D eigenvalue weighted by atomic mass is 10.1. The van der Waals surface area contributed by atoms with Gasteiger partial charge < -0.3 is 23.7 Å². The van der Waals surface area contributed by atoms with Crippen LogP contribution >= 0.6 is 0 Å². The number of imidazole rings is 1. The molecule has 1 aromatic heterocycles. The first-order valence-corrected chi connectivity index (χ1v) is 10.8. The Hall–Kier alpha value is -2.61. The van der Waals surface area contributed by atoms with Gasteiger partial charge in [-0.15, -0.1) is 0 Å². The van der Waals surface area contributed by atoms with Crippen molar-refractivity contribution in [2.24, 2.45) is 0 Å². The molecule has 0 bridgehead atoms. The van der Waals surface area contributed by atoms with E-state index in [1.807, 2.05) is 39.8 Å². The maximum absolute atomic E-state index is 11.6. The van der Waals surface area contributed by atoms with Gasteiger partial charge in [-0.1, -0.05) is 0 Å². The minimum atomic E-state index is -0.361. The molecule has 4 rings (SSSR count). The van der Waals surface area contributed by atoms with Gasteiger partial charge in [-0.3, -0.25) is 0 Å². The van der Waals surface area contributed by atoms with Crippen molar-refractivity contribution < 1.29 is 23.8 Å². The number of hydrogen-bond donors (Lipinski definition) is 0. The van der Waals surface area contributed by atoms with Crippen molar-refractivity contribution in [3.05, 3.63) is 29.6 Å². The number of aryl methyl sites for hydroxylation is 1. The molecule has 2 fully saturated rings. The van der Waals surface area contributed by atoms with Crippen molar-refractivity contribution >= 4 is 23.1 Å². The molecule has 2 aromatic rings. The molecular formula is C23H33N3O5. The van der Waals surface area contributed by atoms with Crippen LogP contribution in [0.4, 0.5) is 4.79 Å². The highest BCUT2D eigenvalue weighted by Gasteiger charge is 2.24. The van der Waals surface area contributed by atoms with Crippen molar-refractivity contribution in [2.75, 3.05) is 26.8 Å². The maximum Gasteiger partial charge on any atom is 0.410 e. The number of amides is 1. The molecule has 1 unspecified atom stereocenters. The average molecular weight is 432 g/mol. The summed E-state index contributed by atoms with van der Waals surface area (Å²) < 4.78 is 17.5. The quantitative estimate of drug-likeness (QED) is 0.685. The average Bonchev–Trinajstić information content (AvgIpc) is 3.31. The van der Waals surface area contributed by atoms with Crippen LogP contribution in [0.2, 0.25) is 0 Å². The summed E-state index contributed by atoms with van der Waals surface area (Å²) >= 11 is 0. The molecule has 0 aliphatic carbocycles. The van der Waals surface area contributed by atoms with Crippen LogP contribution < -0.4 is 0 Å². The standard InChI is InChI=1S/C14H16N2O3.C9H17NO2/c1-9-15-12-4-3-10(14(17)18-2)7-13(12)16(9)8-11-5-6-19-11;1-9(2,3)12-8(11)10-6-4-5-7-10/h3-4,7,11H,5-6,8H2,1-2H3;4-7H2,1-3H3. The van der Waals surface area contributed by atoms with Crippen LogP contribution in [0.5, 0.6) is 0 Å². The first kappa shape index (κ1) is 23.1. The van der Waals surface area contributed by atoms with Gasteiger partial charge >= 0.3 is 12.1 Å². The van der Waals surface area contributed by atoms with Gasteiger partial charge in [-0.2, -0.15) is 0 Å². The summed E-state index contributed by atoms with van der Waals surface area (Å²) in [5.41, 5.74) is 2.03. The van der Waals surface area contributed by atoms with E-state index in [9.17, 15) is 9.59 Å². The molecule has 3 heterocycles. The molecule has 0 N–H and O–H groups in total. The zero-order chi connectivity index (χ0) is 22.6. The van der Waals surface area contributed by atoms with Crippen LogP contribution in [-0.4, -0.2) is 65.0 Å². The normalized spacial score (nSPS) is 18.2. The van der Waals surface area contributed by atoms with Gasteiger partial charge in [0.15, 0.2) is 0 Å². The third-order valence-electron chi connectivity index (χ3n) is 5.30. The smallest absolute Gasteiger partial charge is 0.410 e. The molecule has 1 aromatic carbocycles. The minimum absolute atomic E-state index is 0.167. The van der Waals surface area contributed by atoms with Crippen LogP contribution in [0.15, 0.2) is 18.2 Å². The Labute approximate surface area is 183 Å². The molecule has 0 spiro atoms. The second kappa shape index (κ2) is 9.68. The molecule has 31 heavy (non-hydrogen) atoms. The summed E-state index contributed by atoms with van der Waals surface area (Å²) in [4.78, 5) is 29.2. The van der Waals surface area contributed by atoms with E-state index >= 15 is 0 Å². The Morgan fingerprint density at radius 3 is 2.45 bits per heavy atom. The van der Waals surface area contributed by atoms with E-state index in [-0.39, 0.29) is 23.8 Å². The highest BCUT2D eigenvalue weighted by atomic mass is 16.6. The number of hydrogen-bond acceptors (Lipinski definition) is 6. The van der Waals surface area contributed by atoms with E-state index in [0.717, 1.165) is 62.4 Å². The monoisotopic (exact) mass is 431 g/mol. The van der Waals surface area contributed by atoms with E-state index in [0.29, 0.717) is 5.56 Å². The van der Waals surface area contributed by atoms with E-state index in [2.05, 4.69) is 9.55 Å². The predicted octanol–water partition coefficient (Wildman–Crippen LogP) is 3.94. The second-order valence-corrected chi connectivity index (χ2v) is 8.92. The number of ether oxygens (including phenoxy) is 3. The SMILES string of the molecule is CC(C)(C)OC(=O)N1CCCC1.COC(=O)c1ccc2nc(C)n(CC3CCO3)c2c1. The van der Waals surface area contributed by atoms with Crippen LogP contribution in [0.1, 0.15) is 56.2 Å². The molecule has 8 nitrogen and oxygen atoms in total. The molecule has 1 atom stereocenters. The first-order chi connectivity index (χ1) is 14.7. The lowest BCUT2D eigenvalue weighted by molar-refractivity contribution is -0.0589. The van der Waals surface area contributed by atoms with Crippen LogP contribution in [0.25, 0.3) is 11.0 Å². The van der Waals surface area contributed by atoms with Gasteiger partial charge in [0.2, 0.25) is 0 Å². The highest BCUT2D eigenvalue weighted by Crippen LogP contribution is 2.22. The number of carbonyl (C=O) groups excluding carboxylic acids is 2. The number of benzene rings is 1. The predicted molar refractivity (Wildman–Crippen MR) is 117 cm³/mol. The van der Waals surface area contributed by atoms with Gasteiger partial charge in [-0.25, -0.2) is 14.6 Å². The van der Waals surface area contributed by atoms with E-state index in [1.54, 1.807) is 11.0 Å². The fourth-order valence-corrected chi connectivity index (χ4v) is 3.58. The molecule has 2 saturated heterocycles. The molecular weight excluding hydrogens is 398 g/mol. The number of carbonyl (C=O) groups is 2. The van der Waals surface area contributed by atoms with Crippen LogP contribution in [-0.2, 0) is 20.8 Å². The lowest BCUT2D eigenvalue weighted by Crippen LogP contribution is -2.34. The Kier molecular flexibility index (Phi) is 7.20. The number of aromatic nitrogens is 2. The number of methoxy groups -OCH3 is 1. The Balaban J connectivity index is 0.000000196. The third kappa shape index (κ3) is 5.97. The fraction of sp³-hybridized carbons (Fsp3) is 0.609. The van der Waals surface area contributed by atoms with Gasteiger partial charge in [0.1, 0.15) is 11.4 Å². The topological polar surface area (TPSA) is 82.9 Å². The molecule has 170 valence electrons. The number of likely N-dealkylation sites (tertiary alicyclic amines) is 1. The number of rotatable bonds is 3. The zero-order valence-electron chi connectivity index (χ0n) is 19.1. The van der Waals surface area contributed by atoms with Crippen molar-refractivity contribution in [2.45, 2.75) is 65.2 Å². The largest absolute Gasteiger partial charge is 0.465 e. The summed E-state index contributed by atoms with van der Waals surface area (Å²) in [6.07, 6.45) is 3.40. The molecule has 0 radical (unpaired) electrons. The Bertz CT molecular complexity index is 921. The lowest BCUT2D eigenvalue weighted by Gasteiger charge is -2.27. The summed E-state index contributed by atoms with van der Waals surface area (Å²) in [5.74, 6) is 0.611. The summed E-state index contributed by atoms with van der Waals surface area (Å²) in [6, 6.07) is 5.43. The molecule has 8 heteroatoms. The van der Waals surface area contributed by atoms with Gasteiger partial charge in [0.05, 0.1) is 36.4 Å². The molecule has 2 aliphatic heterocycles. The van der Waals surface area contributed by atoms with Crippen LogP contribution in [0, 0.1) is 6.92 Å². The van der Waals surface area contributed by atoms with Gasteiger partial charge in [0.25, 0.3) is 0 Å². The first-order valence-electron chi connectivity index (χ1n) is 10.8.